The zero-order valence-corrected chi connectivity index (χ0v) is 43.8. The third-order valence-corrected chi connectivity index (χ3v) is 11.5. The fourth-order valence-corrected chi connectivity index (χ4v) is 6.56. The van der Waals surface area contributed by atoms with Gasteiger partial charge in [0.1, 0.15) is 22.8 Å². The maximum absolute atomic E-state index is 10.9. The Morgan fingerprint density at radius 1 is 0.781 bits per heavy atom. The maximum atomic E-state index is 10.9. The Morgan fingerprint density at radius 2 is 1.33 bits per heavy atom. The highest BCUT2D eigenvalue weighted by Gasteiger charge is 2.11. The molecule has 0 aliphatic heterocycles. The number of aryl methyl sites for hydroxylation is 4. The zero-order valence-electron chi connectivity index (χ0n) is 34.7. The van der Waals surface area contributed by atoms with E-state index in [1.54, 1.807) is 36.9 Å². The number of carboxylic acids is 3. The number of methoxy groups -OCH3 is 1. The summed E-state index contributed by atoms with van der Waals surface area (Å²) >= 11 is 25.8. The summed E-state index contributed by atoms with van der Waals surface area (Å²) in [5, 5.41) is 34.4. The number of nitrogens with two attached hydrogens (primary N) is 2. The summed E-state index contributed by atoms with van der Waals surface area (Å²) in [5.41, 5.74) is 14.9. The summed E-state index contributed by atoms with van der Waals surface area (Å²) in [6.07, 6.45) is 9.56. The molecule has 0 radical (unpaired) electrons. The number of aromatic nitrogens is 6. The molecular weight excluding hydrogens is 1100 g/mol. The lowest BCUT2D eigenvalue weighted by Gasteiger charge is -2.03. The molecule has 0 unspecified atom stereocenters. The second-order valence-corrected chi connectivity index (χ2v) is 17.8. The second-order valence-electron chi connectivity index (χ2n) is 11.2. The molecule has 6 heterocycles. The minimum absolute atomic E-state index is 0. The van der Waals surface area contributed by atoms with Crippen LogP contribution in [0, 0.1) is 32.2 Å². The molecule has 6 aromatic rings. The highest BCUT2D eigenvalue weighted by molar-refractivity contribution is 9.11. The number of aliphatic hydroxyl groups is 1. The van der Waals surface area contributed by atoms with Gasteiger partial charge < -0.3 is 41.6 Å². The van der Waals surface area contributed by atoms with Gasteiger partial charge in [-0.1, -0.05) is 64.3 Å². The number of thiol groups is 2. The number of ether oxygens (including phenoxy) is 1. The third-order valence-electron chi connectivity index (χ3n) is 6.48. The number of hydrogen-bond acceptors (Lipinski definition) is 19. The van der Waals surface area contributed by atoms with Gasteiger partial charge in [0.2, 0.25) is 0 Å². The Hall–Kier alpha value is -4.18. The lowest BCUT2D eigenvalue weighted by atomic mass is 10.3. The van der Waals surface area contributed by atoms with E-state index in [-0.39, 0.29) is 39.8 Å². The quantitative estimate of drug-likeness (QED) is 0.0408. The molecule has 0 fully saturated rings. The van der Waals surface area contributed by atoms with Gasteiger partial charge >= 0.3 is 23.9 Å². The van der Waals surface area contributed by atoms with Gasteiger partial charge in [-0.15, -0.1) is 17.0 Å². The van der Waals surface area contributed by atoms with E-state index < -0.39 is 23.9 Å². The molecule has 17 nitrogen and oxygen atoms in total. The van der Waals surface area contributed by atoms with Crippen molar-refractivity contribution in [3.05, 3.63) is 126 Å². The van der Waals surface area contributed by atoms with Gasteiger partial charge in [-0.2, -0.15) is 25.3 Å². The normalized spacial score (nSPS) is 9.23. The third kappa shape index (κ3) is 25.3. The monoisotopic (exact) mass is 1140 g/mol. The predicted molar refractivity (Wildman–Crippen MR) is 272 cm³/mol. The zero-order chi connectivity index (χ0) is 48.2. The second kappa shape index (κ2) is 34.2. The molecule has 6 aromatic heterocycles. The van der Waals surface area contributed by atoms with Crippen LogP contribution in [0.4, 0.5) is 10.3 Å². The van der Waals surface area contributed by atoms with E-state index in [2.05, 4.69) is 75.8 Å². The van der Waals surface area contributed by atoms with Crippen molar-refractivity contribution in [2.24, 2.45) is 0 Å². The highest BCUT2D eigenvalue weighted by Crippen LogP contribution is 2.34. The minimum atomic E-state index is -1.03. The highest BCUT2D eigenvalue weighted by atomic mass is 79.9. The Balaban J connectivity index is 0. The number of carboxylic acid groups (broad SMARTS) is 3. The van der Waals surface area contributed by atoms with Gasteiger partial charge in [-0.25, -0.2) is 44.1 Å². The minimum Gasteiger partial charge on any atom is -0.477 e. The van der Waals surface area contributed by atoms with E-state index in [0.29, 0.717) is 19.8 Å². The number of aliphatic hydroxyl groups excluding tert-OH is 1. The number of halogens is 3. The molecule has 0 saturated carbocycles. The van der Waals surface area contributed by atoms with Crippen molar-refractivity contribution in [1.29, 1.82) is 0 Å². The number of nitrogens with zero attached hydrogens (tertiary/aromatic N) is 5. The molecule has 348 valence electrons. The largest absolute Gasteiger partial charge is 0.477 e. The molecular formula is C38H45Br2ClN8O9S6. The van der Waals surface area contributed by atoms with Crippen LogP contribution < -0.4 is 11.5 Å². The summed E-state index contributed by atoms with van der Waals surface area (Å²) in [5.74, 6) is -1.73. The van der Waals surface area contributed by atoms with Crippen LogP contribution in [0.1, 0.15) is 64.2 Å². The number of carbonyl (C=O) groups excluding carboxylic acids is 1. The number of aromatic carboxylic acids is 3. The molecule has 64 heavy (non-hydrogen) atoms. The average molecular weight is 1150 g/mol. The summed E-state index contributed by atoms with van der Waals surface area (Å²) in [6, 6.07) is 7.68. The van der Waals surface area contributed by atoms with Crippen LogP contribution in [-0.2, 0) is 4.74 Å². The van der Waals surface area contributed by atoms with Crippen LogP contribution in [0.25, 0.3) is 0 Å². The van der Waals surface area contributed by atoms with Crippen molar-refractivity contribution in [3.8, 4) is 0 Å². The molecule has 0 atom stereocenters. The van der Waals surface area contributed by atoms with Crippen LogP contribution in [0.15, 0.2) is 80.4 Å². The van der Waals surface area contributed by atoms with Crippen molar-refractivity contribution in [2.45, 2.75) is 36.8 Å². The van der Waals surface area contributed by atoms with Crippen LogP contribution in [-0.4, -0.2) is 99.9 Å². The SMILES string of the molecule is Br.CO.COC(=O)c1cc(Cl)c(C)cn1.Cc1c[nH]c(C(=O)O)cc1=S.Cc1ccc(C(=O)O)nc1.Cc1cnc(C(=O)O)cc1Sc1cnc(N)s1.Nc1ncc(Br)s1.SCCS. The molecule has 0 amide bonds. The van der Waals surface area contributed by atoms with E-state index in [4.69, 9.17) is 55.7 Å². The van der Waals surface area contributed by atoms with Crippen LogP contribution >= 0.6 is 116 Å². The molecule has 0 bridgehead atoms. The number of hydrogen-bond donors (Lipinski definition) is 9. The van der Waals surface area contributed by atoms with Crippen LogP contribution in [0.5, 0.6) is 0 Å². The maximum Gasteiger partial charge on any atom is 0.356 e. The van der Waals surface area contributed by atoms with Crippen molar-refractivity contribution in [2.75, 3.05) is 37.2 Å². The first-order valence-electron chi connectivity index (χ1n) is 17.1. The first kappa shape index (κ1) is 61.9. The van der Waals surface area contributed by atoms with Gasteiger partial charge in [0, 0.05) is 46.3 Å². The molecule has 0 aliphatic carbocycles. The number of thiazole rings is 2. The lowest BCUT2D eigenvalue weighted by Crippen LogP contribution is -2.03. The van der Waals surface area contributed by atoms with Crippen LogP contribution in [0.2, 0.25) is 5.02 Å². The molecule has 0 saturated heterocycles. The molecule has 6 rings (SSSR count). The number of anilines is 2. The van der Waals surface area contributed by atoms with Crippen LogP contribution in [0.3, 0.4) is 0 Å². The Morgan fingerprint density at radius 3 is 1.73 bits per heavy atom. The average Bonchev–Trinajstić information content (AvgIpc) is 3.86. The Kier molecular flexibility index (Phi) is 33.1. The van der Waals surface area contributed by atoms with Gasteiger partial charge in [0.05, 0.1) is 27.5 Å². The topological polar surface area (TPSA) is 291 Å². The van der Waals surface area contributed by atoms with E-state index in [1.165, 1.54) is 72.1 Å². The first-order chi connectivity index (χ1) is 29.7. The summed E-state index contributed by atoms with van der Waals surface area (Å²) < 4.78 is 6.94. The van der Waals surface area contributed by atoms with Crippen molar-refractivity contribution < 1.29 is 44.3 Å². The molecule has 0 aromatic carbocycles. The lowest BCUT2D eigenvalue weighted by molar-refractivity contribution is 0.0591. The van der Waals surface area contributed by atoms with Gasteiger partial charge in [0.25, 0.3) is 0 Å². The van der Waals surface area contributed by atoms with E-state index in [9.17, 15) is 19.2 Å². The number of nitrogens with one attached hydrogen (secondary N) is 1. The number of esters is 1. The first-order valence-corrected chi connectivity index (χ1v) is 22.4. The van der Waals surface area contributed by atoms with E-state index in [0.717, 1.165) is 53.8 Å². The van der Waals surface area contributed by atoms with Gasteiger partial charge in [-0.3, -0.25) is 0 Å². The molecule has 0 aliphatic rings. The Labute approximate surface area is 421 Å². The van der Waals surface area contributed by atoms with Crippen molar-refractivity contribution >= 4 is 151 Å². The predicted octanol–water partition coefficient (Wildman–Crippen LogP) is 9.47. The number of H-pyrrole nitrogens is 1. The van der Waals surface area contributed by atoms with E-state index in [1.807, 2.05) is 27.7 Å². The molecule has 0 spiro atoms. The summed E-state index contributed by atoms with van der Waals surface area (Å²) in [4.78, 5) is 64.9. The van der Waals surface area contributed by atoms with Crippen molar-refractivity contribution in [1.82, 2.24) is 29.9 Å². The van der Waals surface area contributed by atoms with Gasteiger partial charge in [-0.05, 0) is 102 Å². The van der Waals surface area contributed by atoms with Crippen molar-refractivity contribution in [3.63, 3.8) is 0 Å². The summed E-state index contributed by atoms with van der Waals surface area (Å²) in [6.45, 7) is 7.38. The number of pyridine rings is 4. The van der Waals surface area contributed by atoms with E-state index >= 15 is 0 Å². The Bertz CT molecular complexity index is 2410. The molecule has 26 heteroatoms. The fraction of sp³-hybridized carbons (Fsp3) is 0.211. The summed E-state index contributed by atoms with van der Waals surface area (Å²) in [7, 11) is 2.30. The van der Waals surface area contributed by atoms with Gasteiger partial charge in [0.15, 0.2) is 10.3 Å². The smallest absolute Gasteiger partial charge is 0.356 e. The standard InChI is InChI=1S/C10H9N3O2S2.C8H8ClNO2.C7H7NO2S.C7H7NO2.C3H3BrN2S.C2H6S2.CH4O.BrH/c1-5-3-12-6(9(14)15)2-7(5)16-8-4-13-10(11)17-8;1-5-4-10-7(3-6(5)9)8(11)12-2;1-4-3-8-5(7(9)10)2-6(4)11;1-5-2-3-6(7(9)10)8-4-5;4-2-1-6-3(5)7-2;3-1-2-4;1-2;/h2-4H,1H3,(H2,11,13)(H,14,15);3-4H,1-2H3;2-3H,1H3,(H,8,11)(H,9,10);2-4H,1H3,(H,9,10);1H,(H2,5,6);3-4H,1-2H2;2H,1H3;1H. The molecule has 9 N–H and O–H groups in total. The number of carbonyl (C=O) groups is 4. The number of rotatable bonds is 7. The fourth-order valence-electron chi connectivity index (χ4n) is 3.40. The number of aromatic amines is 1. The number of nitrogen functional groups attached to an aromatic ring is 2.